The van der Waals surface area contributed by atoms with Gasteiger partial charge in [0.05, 0.1) is 34.3 Å². The van der Waals surface area contributed by atoms with E-state index in [4.69, 9.17) is 9.47 Å². The van der Waals surface area contributed by atoms with E-state index >= 15 is 0 Å². The van der Waals surface area contributed by atoms with Gasteiger partial charge in [0.1, 0.15) is 5.82 Å². The number of rotatable bonds is 2. The molecule has 0 N–H and O–H groups in total. The Bertz CT molecular complexity index is 837. The largest absolute Gasteiger partial charge is 0.490 e. The fourth-order valence-electron chi connectivity index (χ4n) is 3.76. The lowest BCUT2D eigenvalue weighted by Crippen LogP contribution is -2.52. The molecule has 1 saturated heterocycles. The standard InChI is InChI=1S/C19H18F2O3S/c1-12-2-4-14(5-3-12)25(22)19-8-9-23-10-13(19)11-24-18-16(21)7-6-15(20)17(18)19/h2-7,13H,8-11H2,1H3/t13?,19-,25?/m0/s1. The number of hydrogen-bond acceptors (Lipinski definition) is 3. The summed E-state index contributed by atoms with van der Waals surface area (Å²) in [6, 6.07) is 9.47. The van der Waals surface area contributed by atoms with Gasteiger partial charge in [0, 0.05) is 17.4 Å². The summed E-state index contributed by atoms with van der Waals surface area (Å²) < 4.78 is 52.6. The molecule has 2 aliphatic heterocycles. The van der Waals surface area contributed by atoms with E-state index in [-0.39, 0.29) is 23.8 Å². The van der Waals surface area contributed by atoms with E-state index in [2.05, 4.69) is 0 Å². The van der Waals surface area contributed by atoms with Gasteiger partial charge in [0.25, 0.3) is 0 Å². The first-order valence-corrected chi connectivity index (χ1v) is 9.36. The molecule has 3 nitrogen and oxygen atoms in total. The number of hydrogen-bond donors (Lipinski definition) is 0. The van der Waals surface area contributed by atoms with Crippen molar-refractivity contribution in [1.29, 1.82) is 0 Å². The van der Waals surface area contributed by atoms with Gasteiger partial charge >= 0.3 is 0 Å². The monoisotopic (exact) mass is 364 g/mol. The van der Waals surface area contributed by atoms with Crippen LogP contribution in [0.5, 0.6) is 5.75 Å². The van der Waals surface area contributed by atoms with Crippen molar-refractivity contribution >= 4 is 10.8 Å². The van der Waals surface area contributed by atoms with Gasteiger partial charge in [-0.1, -0.05) is 17.7 Å². The zero-order valence-corrected chi connectivity index (χ0v) is 14.6. The Morgan fingerprint density at radius 2 is 1.80 bits per heavy atom. The molecule has 0 spiro atoms. The SMILES string of the molecule is Cc1ccc(S(=O)[C@@]23CCOCC2COc2c(F)ccc(F)c23)cc1. The molecule has 0 aromatic heterocycles. The molecule has 4 rings (SSSR count). The fourth-order valence-corrected chi connectivity index (χ4v) is 5.65. The molecular formula is C19H18F2O3S. The summed E-state index contributed by atoms with van der Waals surface area (Å²) >= 11 is 0. The first-order valence-electron chi connectivity index (χ1n) is 8.21. The van der Waals surface area contributed by atoms with Gasteiger partial charge in [0.15, 0.2) is 11.6 Å². The van der Waals surface area contributed by atoms with E-state index in [1.807, 2.05) is 19.1 Å². The predicted octanol–water partition coefficient (Wildman–Crippen LogP) is 3.71. The minimum atomic E-state index is -1.56. The maximum atomic E-state index is 14.8. The van der Waals surface area contributed by atoms with Crippen LogP contribution >= 0.6 is 0 Å². The van der Waals surface area contributed by atoms with Crippen molar-refractivity contribution in [2.45, 2.75) is 23.0 Å². The van der Waals surface area contributed by atoms with Gasteiger partial charge in [-0.15, -0.1) is 0 Å². The molecule has 3 atom stereocenters. The molecule has 132 valence electrons. The highest BCUT2D eigenvalue weighted by Gasteiger charge is 2.54. The van der Waals surface area contributed by atoms with Crippen molar-refractivity contribution in [3.8, 4) is 5.75 Å². The topological polar surface area (TPSA) is 35.5 Å². The summed E-state index contributed by atoms with van der Waals surface area (Å²) in [6.07, 6.45) is 0.356. The Labute approximate surface area is 147 Å². The van der Waals surface area contributed by atoms with Gasteiger partial charge in [-0.05, 0) is 37.6 Å². The molecule has 0 aliphatic carbocycles. The van der Waals surface area contributed by atoms with Crippen LogP contribution in [-0.2, 0) is 20.3 Å². The minimum Gasteiger partial charge on any atom is -0.490 e. The summed E-state index contributed by atoms with van der Waals surface area (Å²) in [6.45, 7) is 2.77. The number of ether oxygens (including phenoxy) is 2. The molecule has 0 amide bonds. The Kier molecular flexibility index (Phi) is 4.12. The molecule has 0 bridgehead atoms. The average Bonchev–Trinajstić information content (AvgIpc) is 2.64. The van der Waals surface area contributed by atoms with E-state index in [1.54, 1.807) is 12.1 Å². The summed E-state index contributed by atoms with van der Waals surface area (Å²) in [5.41, 5.74) is 1.14. The van der Waals surface area contributed by atoms with E-state index in [1.165, 1.54) is 0 Å². The van der Waals surface area contributed by atoms with E-state index in [9.17, 15) is 13.0 Å². The van der Waals surface area contributed by atoms with Gasteiger partial charge < -0.3 is 9.47 Å². The van der Waals surface area contributed by atoms with Crippen LogP contribution in [0, 0.1) is 24.5 Å². The molecule has 2 aromatic carbocycles. The van der Waals surface area contributed by atoms with Crippen molar-refractivity contribution in [1.82, 2.24) is 0 Å². The smallest absolute Gasteiger partial charge is 0.165 e. The lowest BCUT2D eigenvalue weighted by molar-refractivity contribution is -0.00494. The zero-order valence-electron chi connectivity index (χ0n) is 13.8. The van der Waals surface area contributed by atoms with Crippen molar-refractivity contribution in [3.05, 3.63) is 59.2 Å². The van der Waals surface area contributed by atoms with Crippen molar-refractivity contribution < 1.29 is 22.5 Å². The van der Waals surface area contributed by atoms with Gasteiger partial charge in [-0.3, -0.25) is 4.21 Å². The molecule has 6 heteroatoms. The Morgan fingerprint density at radius 1 is 1.08 bits per heavy atom. The lowest BCUT2D eigenvalue weighted by Gasteiger charge is -2.46. The Hall–Kier alpha value is -1.79. The first kappa shape index (κ1) is 16.7. The van der Waals surface area contributed by atoms with Crippen molar-refractivity contribution in [2.24, 2.45) is 5.92 Å². The molecule has 2 aromatic rings. The summed E-state index contributed by atoms with van der Waals surface area (Å²) in [5, 5.41) is 0. The lowest BCUT2D eigenvalue weighted by atomic mass is 9.79. The highest BCUT2D eigenvalue weighted by molar-refractivity contribution is 7.86. The quantitative estimate of drug-likeness (QED) is 0.815. The maximum Gasteiger partial charge on any atom is 0.165 e. The molecule has 2 heterocycles. The number of fused-ring (bicyclic) bond motifs is 3. The Balaban J connectivity index is 1.94. The highest BCUT2D eigenvalue weighted by atomic mass is 32.2. The van der Waals surface area contributed by atoms with Gasteiger partial charge in [-0.2, -0.15) is 0 Å². The molecule has 25 heavy (non-hydrogen) atoms. The molecule has 0 radical (unpaired) electrons. The van der Waals surface area contributed by atoms with Crippen LogP contribution in [0.2, 0.25) is 0 Å². The third kappa shape index (κ3) is 2.50. The minimum absolute atomic E-state index is 0.0889. The van der Waals surface area contributed by atoms with Crippen molar-refractivity contribution in [2.75, 3.05) is 19.8 Å². The van der Waals surface area contributed by atoms with Crippen LogP contribution < -0.4 is 4.74 Å². The zero-order chi connectivity index (χ0) is 17.6. The number of halogens is 2. The summed E-state index contributed by atoms with van der Waals surface area (Å²) in [4.78, 5) is 0.606. The summed E-state index contributed by atoms with van der Waals surface area (Å²) in [5.74, 6) is -1.61. The van der Waals surface area contributed by atoms with Crippen LogP contribution in [0.1, 0.15) is 17.5 Å². The van der Waals surface area contributed by atoms with E-state index in [0.717, 1.165) is 17.7 Å². The average molecular weight is 364 g/mol. The maximum absolute atomic E-state index is 14.8. The normalized spacial score (nSPS) is 26.3. The second kappa shape index (κ2) is 6.18. The highest BCUT2D eigenvalue weighted by Crippen LogP contribution is 2.52. The Morgan fingerprint density at radius 3 is 2.56 bits per heavy atom. The fraction of sp³-hybridized carbons (Fsp3) is 0.368. The van der Waals surface area contributed by atoms with Gasteiger partial charge in [0.2, 0.25) is 0 Å². The van der Waals surface area contributed by atoms with Crippen LogP contribution in [0.3, 0.4) is 0 Å². The first-order chi connectivity index (χ1) is 12.0. The molecule has 1 fully saturated rings. The van der Waals surface area contributed by atoms with E-state index in [0.29, 0.717) is 24.5 Å². The van der Waals surface area contributed by atoms with Crippen LogP contribution in [-0.4, -0.2) is 24.0 Å². The van der Waals surface area contributed by atoms with Crippen LogP contribution in [0.25, 0.3) is 0 Å². The van der Waals surface area contributed by atoms with Crippen molar-refractivity contribution in [3.63, 3.8) is 0 Å². The predicted molar refractivity (Wildman–Crippen MR) is 90.0 cm³/mol. The third-order valence-corrected chi connectivity index (χ3v) is 7.18. The molecule has 0 saturated carbocycles. The molecular weight excluding hydrogens is 346 g/mol. The van der Waals surface area contributed by atoms with Crippen LogP contribution in [0.4, 0.5) is 8.78 Å². The number of aryl methyl sites for hydroxylation is 1. The second-order valence-electron chi connectivity index (χ2n) is 6.54. The van der Waals surface area contributed by atoms with Gasteiger partial charge in [-0.25, -0.2) is 8.78 Å². The molecule has 2 unspecified atom stereocenters. The third-order valence-electron chi connectivity index (χ3n) is 5.07. The van der Waals surface area contributed by atoms with E-state index < -0.39 is 27.2 Å². The second-order valence-corrected chi connectivity index (χ2v) is 8.27. The number of benzene rings is 2. The van der Waals surface area contributed by atoms with Crippen LogP contribution in [0.15, 0.2) is 41.3 Å². The summed E-state index contributed by atoms with van der Waals surface area (Å²) in [7, 11) is -1.56. The molecule has 2 aliphatic rings.